The van der Waals surface area contributed by atoms with Crippen molar-refractivity contribution in [3.05, 3.63) is 0 Å². The molecular formula is C15H26N2O3. The molecule has 0 aromatic carbocycles. The minimum absolute atomic E-state index is 0.102. The highest BCUT2D eigenvalue weighted by atomic mass is 16.4. The number of carboxylic acids is 1. The summed E-state index contributed by atoms with van der Waals surface area (Å²) in [5.74, 6) is -0.347. The molecule has 0 unspecified atom stereocenters. The van der Waals surface area contributed by atoms with E-state index in [0.29, 0.717) is 6.04 Å². The first-order valence-corrected chi connectivity index (χ1v) is 7.86. The fraction of sp³-hybridized carbons (Fsp3) is 0.867. The molecule has 2 aliphatic rings. The molecule has 2 fully saturated rings. The second-order valence-electron chi connectivity index (χ2n) is 6.12. The van der Waals surface area contributed by atoms with Gasteiger partial charge in [-0.1, -0.05) is 26.2 Å². The van der Waals surface area contributed by atoms with Gasteiger partial charge in [0.25, 0.3) is 0 Å². The van der Waals surface area contributed by atoms with Gasteiger partial charge in [-0.3, -0.25) is 14.5 Å². The zero-order valence-electron chi connectivity index (χ0n) is 12.3. The van der Waals surface area contributed by atoms with Crippen LogP contribution in [0.25, 0.3) is 0 Å². The van der Waals surface area contributed by atoms with Crippen molar-refractivity contribution in [2.24, 2.45) is 5.92 Å². The first kappa shape index (κ1) is 15.3. The summed E-state index contributed by atoms with van der Waals surface area (Å²) in [6, 6.07) is 0.560. The summed E-state index contributed by atoms with van der Waals surface area (Å²) in [6.07, 6.45) is 7.44. The van der Waals surface area contributed by atoms with Gasteiger partial charge in [0.1, 0.15) is 0 Å². The molecule has 0 bridgehead atoms. The topological polar surface area (TPSA) is 69.6 Å². The molecule has 2 aliphatic carbocycles. The number of nitrogens with zero attached hydrogens (tertiary/aromatic N) is 1. The lowest BCUT2D eigenvalue weighted by atomic mass is 9.83. The summed E-state index contributed by atoms with van der Waals surface area (Å²) in [4.78, 5) is 24.9. The number of aliphatic carboxylic acids is 1. The Morgan fingerprint density at radius 3 is 2.40 bits per heavy atom. The third-order valence-corrected chi connectivity index (χ3v) is 4.70. The van der Waals surface area contributed by atoms with Crippen LogP contribution in [-0.2, 0) is 9.59 Å². The molecule has 0 heterocycles. The Balaban J connectivity index is 1.70. The van der Waals surface area contributed by atoms with Crippen LogP contribution < -0.4 is 5.32 Å². The summed E-state index contributed by atoms with van der Waals surface area (Å²) in [5, 5.41) is 12.0. The number of hydrogen-bond acceptors (Lipinski definition) is 3. The third-order valence-electron chi connectivity index (χ3n) is 4.70. The Hall–Kier alpha value is -1.10. The number of amides is 1. The van der Waals surface area contributed by atoms with Crippen LogP contribution in [0.1, 0.15) is 51.9 Å². The lowest BCUT2D eigenvalue weighted by Crippen LogP contribution is -2.55. The van der Waals surface area contributed by atoms with Crippen molar-refractivity contribution in [2.45, 2.75) is 64.0 Å². The third kappa shape index (κ3) is 3.95. The Kier molecular flexibility index (Phi) is 5.40. The van der Waals surface area contributed by atoms with Gasteiger partial charge in [-0.2, -0.15) is 0 Å². The highest BCUT2D eigenvalue weighted by Crippen LogP contribution is 2.28. The zero-order chi connectivity index (χ0) is 14.5. The molecule has 0 aliphatic heterocycles. The van der Waals surface area contributed by atoms with Gasteiger partial charge < -0.3 is 10.4 Å². The van der Waals surface area contributed by atoms with Gasteiger partial charge in [-0.15, -0.1) is 0 Å². The smallest absolute Gasteiger partial charge is 0.317 e. The van der Waals surface area contributed by atoms with Crippen LogP contribution in [0.15, 0.2) is 0 Å². The molecule has 0 radical (unpaired) electrons. The van der Waals surface area contributed by atoms with E-state index < -0.39 is 5.97 Å². The average Bonchev–Trinajstić information content (AvgIpc) is 2.40. The molecule has 2 saturated carbocycles. The maximum absolute atomic E-state index is 12.1. The molecule has 5 nitrogen and oxygen atoms in total. The number of carbonyl (C=O) groups is 2. The van der Waals surface area contributed by atoms with Crippen LogP contribution in [0.4, 0.5) is 0 Å². The largest absolute Gasteiger partial charge is 0.480 e. The van der Waals surface area contributed by atoms with Gasteiger partial charge in [0.2, 0.25) is 5.91 Å². The number of rotatable bonds is 6. The minimum Gasteiger partial charge on any atom is -0.480 e. The van der Waals surface area contributed by atoms with Crippen LogP contribution in [-0.4, -0.2) is 47.1 Å². The van der Waals surface area contributed by atoms with Gasteiger partial charge in [-0.25, -0.2) is 0 Å². The minimum atomic E-state index is -0.776. The van der Waals surface area contributed by atoms with E-state index in [9.17, 15) is 9.59 Å². The predicted octanol–water partition coefficient (Wildman–Crippen LogP) is 1.62. The Morgan fingerprint density at radius 2 is 1.85 bits per heavy atom. The van der Waals surface area contributed by atoms with Crippen LogP contribution in [0.2, 0.25) is 0 Å². The second kappa shape index (κ2) is 7.07. The molecule has 0 aromatic rings. The van der Waals surface area contributed by atoms with Gasteiger partial charge in [-0.05, 0) is 32.2 Å². The molecule has 2 rings (SSSR count). The molecule has 0 atom stereocenters. The van der Waals surface area contributed by atoms with E-state index in [1.54, 1.807) is 0 Å². The second-order valence-corrected chi connectivity index (χ2v) is 6.12. The van der Waals surface area contributed by atoms with E-state index in [-0.39, 0.29) is 24.4 Å². The molecular weight excluding hydrogens is 256 g/mol. The van der Waals surface area contributed by atoms with E-state index in [4.69, 9.17) is 5.11 Å². The first-order valence-electron chi connectivity index (χ1n) is 7.86. The van der Waals surface area contributed by atoms with Gasteiger partial charge in [0.05, 0.1) is 6.54 Å². The number of carbonyl (C=O) groups excluding carboxylic acids is 1. The van der Waals surface area contributed by atoms with E-state index >= 15 is 0 Å². The standard InChI is InChI=1S/C15H26N2O3/c1-2-17(10-14(18)19)13-8-12(9-13)16-15(20)11-6-4-3-5-7-11/h11-13H,2-10H2,1H3,(H,16,20)(H,18,19). The van der Waals surface area contributed by atoms with E-state index in [0.717, 1.165) is 32.2 Å². The van der Waals surface area contributed by atoms with Crippen molar-refractivity contribution in [3.63, 3.8) is 0 Å². The Bertz CT molecular complexity index is 347. The van der Waals surface area contributed by atoms with E-state index in [1.807, 2.05) is 11.8 Å². The monoisotopic (exact) mass is 282 g/mol. The van der Waals surface area contributed by atoms with Crippen molar-refractivity contribution in [1.29, 1.82) is 0 Å². The summed E-state index contributed by atoms with van der Waals surface area (Å²) in [7, 11) is 0. The molecule has 0 spiro atoms. The number of nitrogens with one attached hydrogen (secondary N) is 1. The number of hydrogen-bond donors (Lipinski definition) is 2. The van der Waals surface area contributed by atoms with E-state index in [2.05, 4.69) is 5.32 Å². The SMILES string of the molecule is CCN(CC(=O)O)C1CC(NC(=O)C2CCCCC2)C1. The maximum atomic E-state index is 12.1. The molecule has 114 valence electrons. The van der Waals surface area contributed by atoms with Gasteiger partial charge in [0.15, 0.2) is 0 Å². The van der Waals surface area contributed by atoms with Crippen LogP contribution in [0.3, 0.4) is 0 Å². The quantitative estimate of drug-likeness (QED) is 0.776. The highest BCUT2D eigenvalue weighted by molar-refractivity contribution is 5.79. The lowest BCUT2D eigenvalue weighted by molar-refractivity contribution is -0.140. The van der Waals surface area contributed by atoms with Crippen molar-refractivity contribution < 1.29 is 14.7 Å². The molecule has 5 heteroatoms. The van der Waals surface area contributed by atoms with Crippen LogP contribution in [0.5, 0.6) is 0 Å². The fourth-order valence-electron chi connectivity index (χ4n) is 3.36. The molecule has 1 amide bonds. The maximum Gasteiger partial charge on any atom is 0.317 e. The van der Waals surface area contributed by atoms with Crippen molar-refractivity contribution in [3.8, 4) is 0 Å². The summed E-state index contributed by atoms with van der Waals surface area (Å²) in [6.45, 7) is 2.83. The Labute approximate surface area is 120 Å². The summed E-state index contributed by atoms with van der Waals surface area (Å²) in [5.41, 5.74) is 0. The van der Waals surface area contributed by atoms with E-state index in [1.165, 1.54) is 19.3 Å². The lowest BCUT2D eigenvalue weighted by Gasteiger charge is -2.42. The summed E-state index contributed by atoms with van der Waals surface area (Å²) >= 11 is 0. The van der Waals surface area contributed by atoms with Gasteiger partial charge in [0, 0.05) is 18.0 Å². The zero-order valence-corrected chi connectivity index (χ0v) is 12.3. The normalized spacial score (nSPS) is 27.1. The molecule has 0 saturated heterocycles. The average molecular weight is 282 g/mol. The van der Waals surface area contributed by atoms with Crippen molar-refractivity contribution in [1.82, 2.24) is 10.2 Å². The first-order chi connectivity index (χ1) is 9.60. The number of likely N-dealkylation sites (N-methyl/N-ethyl adjacent to an activating group) is 1. The summed E-state index contributed by atoms with van der Waals surface area (Å²) < 4.78 is 0. The molecule has 20 heavy (non-hydrogen) atoms. The van der Waals surface area contributed by atoms with Crippen molar-refractivity contribution >= 4 is 11.9 Å². The van der Waals surface area contributed by atoms with Crippen LogP contribution >= 0.6 is 0 Å². The van der Waals surface area contributed by atoms with Gasteiger partial charge >= 0.3 is 5.97 Å². The number of carboxylic acid groups (broad SMARTS) is 1. The van der Waals surface area contributed by atoms with Crippen molar-refractivity contribution in [2.75, 3.05) is 13.1 Å². The molecule has 0 aromatic heterocycles. The highest BCUT2D eigenvalue weighted by Gasteiger charge is 2.35. The van der Waals surface area contributed by atoms with Crippen LogP contribution in [0, 0.1) is 5.92 Å². The Morgan fingerprint density at radius 1 is 1.20 bits per heavy atom. The predicted molar refractivity (Wildman–Crippen MR) is 76.4 cm³/mol. The fourth-order valence-corrected chi connectivity index (χ4v) is 3.36. The molecule has 2 N–H and O–H groups in total.